The highest BCUT2D eigenvalue weighted by atomic mass is 35.5. The molecule has 1 saturated carbocycles. The first-order valence-corrected chi connectivity index (χ1v) is 10.3. The molecular weight excluding hydrogens is 358 g/mol. The van der Waals surface area contributed by atoms with Gasteiger partial charge in [-0.1, -0.05) is 30.5 Å². The van der Waals surface area contributed by atoms with Crippen molar-refractivity contribution in [3.05, 3.63) is 44.6 Å². The van der Waals surface area contributed by atoms with E-state index in [1.807, 2.05) is 6.07 Å². The van der Waals surface area contributed by atoms with Crippen molar-refractivity contribution in [1.29, 1.82) is 0 Å². The highest BCUT2D eigenvalue weighted by molar-refractivity contribution is 7.18. The van der Waals surface area contributed by atoms with Crippen LogP contribution in [0.1, 0.15) is 36.1 Å². The summed E-state index contributed by atoms with van der Waals surface area (Å²) in [6.45, 7) is 2.88. The molecule has 3 nitrogen and oxygen atoms in total. The van der Waals surface area contributed by atoms with Gasteiger partial charge in [0.25, 0.3) is 0 Å². The Labute approximate surface area is 155 Å². The summed E-state index contributed by atoms with van der Waals surface area (Å²) in [4.78, 5) is 5.69. The second kappa shape index (κ2) is 8.30. The fourth-order valence-corrected chi connectivity index (χ4v) is 4.60. The molecule has 1 fully saturated rings. The van der Waals surface area contributed by atoms with Gasteiger partial charge in [0.05, 0.1) is 15.9 Å². The highest BCUT2D eigenvalue weighted by Crippen LogP contribution is 2.33. The van der Waals surface area contributed by atoms with Gasteiger partial charge < -0.3 is 11.1 Å². The largest absolute Gasteiger partial charge is 0.379 e. The zero-order valence-electron chi connectivity index (χ0n) is 13.7. The molecule has 0 unspecified atom stereocenters. The van der Waals surface area contributed by atoms with Gasteiger partial charge in [0.15, 0.2) is 0 Å². The van der Waals surface area contributed by atoms with Crippen LogP contribution in [0.15, 0.2) is 29.0 Å². The molecule has 3 aromatic rings. The topological polar surface area (TPSA) is 50.9 Å². The Bertz CT molecular complexity index is 777. The molecule has 3 aromatic heterocycles. The molecule has 3 N–H and O–H groups in total. The Kier molecular flexibility index (Phi) is 6.11. The Morgan fingerprint density at radius 1 is 1.33 bits per heavy atom. The molecule has 24 heavy (non-hydrogen) atoms. The Morgan fingerprint density at radius 3 is 2.75 bits per heavy atom. The number of fused-ring (bicyclic) bond motifs is 1. The first-order valence-electron chi connectivity index (χ1n) is 8.19. The summed E-state index contributed by atoms with van der Waals surface area (Å²) in [5.41, 5.74) is 8.78. The van der Waals surface area contributed by atoms with Crippen molar-refractivity contribution in [2.24, 2.45) is 5.73 Å². The molecule has 1 aliphatic carbocycles. The number of hydrogen-bond donors (Lipinski definition) is 2. The molecule has 0 amide bonds. The van der Waals surface area contributed by atoms with E-state index in [-0.39, 0.29) is 0 Å². The Balaban J connectivity index is 0.000000238. The maximum atomic E-state index is 6.07. The fraction of sp³-hybridized carbons (Fsp3) is 0.389. The molecular formula is C18H22ClN3S2. The molecule has 0 atom stereocenters. The molecule has 1 aliphatic rings. The predicted octanol–water partition coefficient (Wildman–Crippen LogP) is 5.82. The fourth-order valence-electron chi connectivity index (χ4n) is 2.78. The van der Waals surface area contributed by atoms with E-state index in [2.05, 4.69) is 40.1 Å². The van der Waals surface area contributed by atoms with Crippen LogP contribution in [0.3, 0.4) is 0 Å². The van der Waals surface area contributed by atoms with Gasteiger partial charge in [-0.2, -0.15) is 0 Å². The summed E-state index contributed by atoms with van der Waals surface area (Å²) in [5.74, 6) is 0. The van der Waals surface area contributed by atoms with Crippen molar-refractivity contribution in [2.45, 2.75) is 45.2 Å². The first-order chi connectivity index (χ1) is 11.6. The quantitative estimate of drug-likeness (QED) is 0.563. The normalized spacial score (nSPS) is 14.6. The number of aromatic nitrogens is 1. The molecule has 0 aliphatic heterocycles. The van der Waals surface area contributed by atoms with Crippen LogP contribution >= 0.6 is 34.3 Å². The summed E-state index contributed by atoms with van der Waals surface area (Å²) in [7, 11) is 0. The standard InChI is InChI=1S/C13H11ClN2S2.C5H11N/c1-8-7-18-13-10(5-11(14)16-12(8)13)15-6-9-3-2-4-17-9;6-5-3-1-2-4-5/h2-5,7H,6H2,1H3,(H,15,16);5H,1-4,6H2. The van der Waals surface area contributed by atoms with E-state index in [0.717, 1.165) is 17.7 Å². The van der Waals surface area contributed by atoms with Crippen molar-refractivity contribution in [2.75, 3.05) is 5.32 Å². The Hall–Kier alpha value is -1.14. The lowest BCUT2D eigenvalue weighted by Crippen LogP contribution is -2.13. The van der Waals surface area contributed by atoms with E-state index in [4.69, 9.17) is 17.3 Å². The third-order valence-electron chi connectivity index (χ3n) is 4.10. The minimum Gasteiger partial charge on any atom is -0.379 e. The van der Waals surface area contributed by atoms with Crippen LogP contribution in [0.4, 0.5) is 5.69 Å². The number of thiophene rings is 2. The van der Waals surface area contributed by atoms with Crippen LogP contribution in [-0.2, 0) is 6.54 Å². The second-order valence-corrected chi connectivity index (χ2v) is 8.37. The zero-order valence-corrected chi connectivity index (χ0v) is 16.1. The lowest BCUT2D eigenvalue weighted by Gasteiger charge is -2.07. The molecule has 4 rings (SSSR count). The summed E-state index contributed by atoms with van der Waals surface area (Å²) in [6, 6.07) is 6.63. The molecule has 3 heterocycles. The van der Waals surface area contributed by atoms with Crippen molar-refractivity contribution < 1.29 is 0 Å². The molecule has 128 valence electrons. The predicted molar refractivity (Wildman–Crippen MR) is 107 cm³/mol. The van der Waals surface area contributed by atoms with Crippen molar-refractivity contribution in [3.8, 4) is 0 Å². The maximum Gasteiger partial charge on any atom is 0.131 e. The van der Waals surface area contributed by atoms with Gasteiger partial charge in [-0.3, -0.25) is 0 Å². The number of halogens is 1. The summed E-state index contributed by atoms with van der Waals surface area (Å²) in [6.07, 6.45) is 5.25. The monoisotopic (exact) mass is 379 g/mol. The van der Waals surface area contributed by atoms with Crippen LogP contribution < -0.4 is 11.1 Å². The summed E-state index contributed by atoms with van der Waals surface area (Å²) < 4.78 is 1.17. The second-order valence-electron chi connectivity index (χ2n) is 6.07. The van der Waals surface area contributed by atoms with Crippen LogP contribution in [0.2, 0.25) is 5.15 Å². The van der Waals surface area contributed by atoms with Gasteiger partial charge in [0.1, 0.15) is 5.15 Å². The number of hydrogen-bond acceptors (Lipinski definition) is 5. The van der Waals surface area contributed by atoms with E-state index >= 15 is 0 Å². The summed E-state index contributed by atoms with van der Waals surface area (Å²) >= 11 is 9.52. The van der Waals surface area contributed by atoms with Gasteiger partial charge >= 0.3 is 0 Å². The minimum absolute atomic E-state index is 0.540. The van der Waals surface area contributed by atoms with Crippen molar-refractivity contribution >= 4 is 50.2 Å². The lowest BCUT2D eigenvalue weighted by molar-refractivity contribution is 0.704. The minimum atomic E-state index is 0.540. The van der Waals surface area contributed by atoms with E-state index in [0.29, 0.717) is 11.2 Å². The molecule has 0 spiro atoms. The number of nitrogens with zero attached hydrogens (tertiary/aromatic N) is 1. The van der Waals surface area contributed by atoms with Crippen LogP contribution in [0, 0.1) is 6.92 Å². The first kappa shape index (κ1) is 17.7. The molecule has 0 radical (unpaired) electrons. The Morgan fingerprint density at radius 2 is 2.12 bits per heavy atom. The van der Waals surface area contributed by atoms with E-state index in [1.54, 1.807) is 22.7 Å². The highest BCUT2D eigenvalue weighted by Gasteiger charge is 2.09. The molecule has 0 aromatic carbocycles. The van der Waals surface area contributed by atoms with Crippen molar-refractivity contribution in [3.63, 3.8) is 0 Å². The average Bonchev–Trinajstić information content (AvgIpc) is 3.30. The van der Waals surface area contributed by atoms with Gasteiger partial charge in [0.2, 0.25) is 0 Å². The zero-order chi connectivity index (χ0) is 16.9. The third kappa shape index (κ3) is 4.48. The molecule has 0 bridgehead atoms. The van der Waals surface area contributed by atoms with E-state index < -0.39 is 0 Å². The van der Waals surface area contributed by atoms with Gasteiger partial charge in [-0.25, -0.2) is 4.98 Å². The van der Waals surface area contributed by atoms with Crippen molar-refractivity contribution in [1.82, 2.24) is 4.98 Å². The number of aryl methyl sites for hydroxylation is 1. The van der Waals surface area contributed by atoms with Gasteiger partial charge in [-0.15, -0.1) is 22.7 Å². The molecule has 0 saturated heterocycles. The van der Waals surface area contributed by atoms with Crippen LogP contribution in [-0.4, -0.2) is 11.0 Å². The number of nitrogens with one attached hydrogen (secondary N) is 1. The number of rotatable bonds is 3. The number of nitrogens with two attached hydrogens (primary N) is 1. The van der Waals surface area contributed by atoms with E-state index in [9.17, 15) is 0 Å². The number of anilines is 1. The van der Waals surface area contributed by atoms with Gasteiger partial charge in [-0.05, 0) is 42.2 Å². The van der Waals surface area contributed by atoms with Crippen LogP contribution in [0.5, 0.6) is 0 Å². The SMILES string of the molecule is Cc1csc2c(NCc3cccs3)cc(Cl)nc12.NC1CCCC1. The lowest BCUT2D eigenvalue weighted by atomic mass is 10.2. The molecule has 6 heteroatoms. The third-order valence-corrected chi connectivity index (χ3v) is 6.29. The average molecular weight is 380 g/mol. The number of pyridine rings is 1. The van der Waals surface area contributed by atoms with Gasteiger partial charge in [0, 0.05) is 23.5 Å². The van der Waals surface area contributed by atoms with Crippen LogP contribution in [0.25, 0.3) is 10.2 Å². The van der Waals surface area contributed by atoms with E-state index in [1.165, 1.54) is 40.8 Å². The summed E-state index contributed by atoms with van der Waals surface area (Å²) in [5, 5.41) is 8.18. The maximum absolute atomic E-state index is 6.07. The smallest absolute Gasteiger partial charge is 0.131 e.